The maximum atomic E-state index is 6.30. The molecule has 2 aliphatic carbocycles. The molecule has 2 fully saturated rings. The van der Waals surface area contributed by atoms with Crippen molar-refractivity contribution in [1.82, 2.24) is 0 Å². The summed E-state index contributed by atoms with van der Waals surface area (Å²) in [6, 6.07) is 2.04. The van der Waals surface area contributed by atoms with E-state index < -0.39 is 0 Å². The van der Waals surface area contributed by atoms with Crippen molar-refractivity contribution in [2.75, 3.05) is 0 Å². The van der Waals surface area contributed by atoms with E-state index in [0.717, 1.165) is 26.4 Å². The Bertz CT molecular complexity index is 445. The van der Waals surface area contributed by atoms with E-state index in [0.29, 0.717) is 4.83 Å². The SMILES string of the molecule is Clc1cc(C(Br)C2CCC3CCCCC3C2)c(Cl)s1. The van der Waals surface area contributed by atoms with E-state index in [1.807, 2.05) is 6.07 Å². The van der Waals surface area contributed by atoms with Crippen LogP contribution in [-0.4, -0.2) is 0 Å². The maximum Gasteiger partial charge on any atom is 0.0987 e. The van der Waals surface area contributed by atoms with Gasteiger partial charge in [0.2, 0.25) is 0 Å². The normalized spacial score (nSPS) is 32.9. The molecule has 0 amide bonds. The molecule has 4 heteroatoms. The molecule has 1 heterocycles. The maximum absolute atomic E-state index is 6.30. The quantitative estimate of drug-likeness (QED) is 0.479. The van der Waals surface area contributed by atoms with Crippen molar-refractivity contribution in [2.45, 2.75) is 49.8 Å². The van der Waals surface area contributed by atoms with E-state index >= 15 is 0 Å². The van der Waals surface area contributed by atoms with Crippen molar-refractivity contribution >= 4 is 50.5 Å². The first-order chi connectivity index (χ1) is 9.15. The average molecular weight is 382 g/mol. The smallest absolute Gasteiger partial charge is 0.0987 e. The lowest BCUT2D eigenvalue weighted by molar-refractivity contribution is 0.129. The molecule has 19 heavy (non-hydrogen) atoms. The molecule has 4 unspecified atom stereocenters. The zero-order chi connectivity index (χ0) is 13.4. The average Bonchev–Trinajstić information content (AvgIpc) is 2.76. The monoisotopic (exact) mass is 380 g/mol. The molecule has 0 aromatic carbocycles. The van der Waals surface area contributed by atoms with E-state index in [1.54, 1.807) is 0 Å². The van der Waals surface area contributed by atoms with Crippen molar-refractivity contribution in [2.24, 2.45) is 17.8 Å². The second kappa shape index (κ2) is 6.25. The molecule has 0 radical (unpaired) electrons. The zero-order valence-corrected chi connectivity index (χ0v) is 14.8. The molecule has 0 aliphatic heterocycles. The fraction of sp³-hybridized carbons (Fsp3) is 0.733. The van der Waals surface area contributed by atoms with Gasteiger partial charge < -0.3 is 0 Å². The number of halogens is 3. The van der Waals surface area contributed by atoms with E-state index in [2.05, 4.69) is 15.9 Å². The van der Waals surface area contributed by atoms with Crippen LogP contribution in [0.5, 0.6) is 0 Å². The third-order valence-corrected chi connectivity index (χ3v) is 7.73. The summed E-state index contributed by atoms with van der Waals surface area (Å²) < 4.78 is 1.66. The van der Waals surface area contributed by atoms with E-state index in [1.165, 1.54) is 61.8 Å². The van der Waals surface area contributed by atoms with Crippen LogP contribution in [0.25, 0.3) is 0 Å². The van der Waals surface area contributed by atoms with Crippen molar-refractivity contribution < 1.29 is 0 Å². The molecule has 1 aromatic rings. The van der Waals surface area contributed by atoms with Gasteiger partial charge in [0.1, 0.15) is 0 Å². The third-order valence-electron chi connectivity index (χ3n) is 4.97. The van der Waals surface area contributed by atoms with Crippen molar-refractivity contribution in [3.63, 3.8) is 0 Å². The summed E-state index contributed by atoms with van der Waals surface area (Å²) >= 11 is 17.8. The Balaban J connectivity index is 1.70. The Morgan fingerprint density at radius 3 is 2.53 bits per heavy atom. The minimum Gasteiger partial charge on any atom is -0.111 e. The number of alkyl halides is 1. The minimum atomic E-state index is 0.381. The number of hydrogen-bond acceptors (Lipinski definition) is 1. The fourth-order valence-electron chi connectivity index (χ4n) is 3.97. The number of thiophene rings is 1. The molecule has 2 aliphatic rings. The van der Waals surface area contributed by atoms with Crippen molar-refractivity contribution in [3.05, 3.63) is 20.3 Å². The van der Waals surface area contributed by atoms with Gasteiger partial charge in [-0.05, 0) is 48.6 Å². The third kappa shape index (κ3) is 3.17. The largest absolute Gasteiger partial charge is 0.111 e. The first-order valence-electron chi connectivity index (χ1n) is 7.24. The van der Waals surface area contributed by atoms with Crippen molar-refractivity contribution in [3.8, 4) is 0 Å². The van der Waals surface area contributed by atoms with Gasteiger partial charge in [-0.2, -0.15) is 0 Å². The highest BCUT2D eigenvalue weighted by Gasteiger charge is 2.35. The van der Waals surface area contributed by atoms with Gasteiger partial charge in [0, 0.05) is 4.83 Å². The van der Waals surface area contributed by atoms with Gasteiger partial charge in [-0.15, -0.1) is 11.3 Å². The van der Waals surface area contributed by atoms with Gasteiger partial charge in [0.25, 0.3) is 0 Å². The lowest BCUT2D eigenvalue weighted by atomic mass is 9.66. The Morgan fingerprint density at radius 2 is 1.84 bits per heavy atom. The molecule has 0 N–H and O–H groups in total. The summed E-state index contributed by atoms with van der Waals surface area (Å²) in [6.45, 7) is 0. The summed E-state index contributed by atoms with van der Waals surface area (Å²) in [5.41, 5.74) is 1.20. The summed E-state index contributed by atoms with van der Waals surface area (Å²) in [5.74, 6) is 2.69. The minimum absolute atomic E-state index is 0.381. The topological polar surface area (TPSA) is 0 Å². The van der Waals surface area contributed by atoms with Crippen LogP contribution < -0.4 is 0 Å². The summed E-state index contributed by atoms with van der Waals surface area (Å²) in [4.78, 5) is 0.381. The van der Waals surface area contributed by atoms with Crippen LogP contribution in [-0.2, 0) is 0 Å². The molecule has 2 saturated carbocycles. The lowest BCUT2D eigenvalue weighted by Gasteiger charge is -2.40. The van der Waals surface area contributed by atoms with Crippen LogP contribution in [0.15, 0.2) is 6.07 Å². The van der Waals surface area contributed by atoms with Crippen LogP contribution >= 0.6 is 50.5 Å². The molecular formula is C15H19BrCl2S. The highest BCUT2D eigenvalue weighted by Crippen LogP contribution is 2.50. The number of fused-ring (bicyclic) bond motifs is 1. The van der Waals surface area contributed by atoms with Gasteiger partial charge in [-0.25, -0.2) is 0 Å². The van der Waals surface area contributed by atoms with Crippen LogP contribution in [0.4, 0.5) is 0 Å². The highest BCUT2D eigenvalue weighted by atomic mass is 79.9. The Kier molecular flexibility index (Phi) is 4.83. The fourth-order valence-corrected chi connectivity index (χ4v) is 6.64. The molecule has 106 valence electrons. The molecule has 0 bridgehead atoms. The highest BCUT2D eigenvalue weighted by molar-refractivity contribution is 9.09. The van der Waals surface area contributed by atoms with Crippen LogP contribution in [0.2, 0.25) is 8.67 Å². The molecule has 0 spiro atoms. The Labute approximate surface area is 138 Å². The first-order valence-corrected chi connectivity index (χ1v) is 9.72. The van der Waals surface area contributed by atoms with Crippen molar-refractivity contribution in [1.29, 1.82) is 0 Å². The predicted octanol–water partition coefficient (Wildman–Crippen LogP) is 7.10. The first kappa shape index (κ1) is 14.7. The Morgan fingerprint density at radius 1 is 1.11 bits per heavy atom. The number of hydrogen-bond donors (Lipinski definition) is 0. The van der Waals surface area contributed by atoms with Crippen LogP contribution in [0, 0.1) is 17.8 Å². The summed E-state index contributed by atoms with van der Waals surface area (Å²) in [5, 5.41) is 0. The van der Waals surface area contributed by atoms with Gasteiger partial charge in [0.05, 0.1) is 8.67 Å². The second-order valence-corrected chi connectivity index (χ2v) is 9.33. The Hall–Kier alpha value is 0.760. The van der Waals surface area contributed by atoms with Gasteiger partial charge in [-0.1, -0.05) is 64.8 Å². The van der Waals surface area contributed by atoms with E-state index in [9.17, 15) is 0 Å². The molecule has 0 saturated heterocycles. The summed E-state index contributed by atoms with van der Waals surface area (Å²) in [7, 11) is 0. The molecule has 4 atom stereocenters. The van der Waals surface area contributed by atoms with Gasteiger partial charge in [-0.3, -0.25) is 0 Å². The second-order valence-electron chi connectivity index (χ2n) is 6.06. The zero-order valence-electron chi connectivity index (χ0n) is 10.9. The standard InChI is InChI=1S/C15H19BrCl2S/c16-14(12-8-13(17)19-15(12)18)11-6-5-9-3-1-2-4-10(9)7-11/h8-11,14H,1-7H2. The number of rotatable bonds is 2. The van der Waals surface area contributed by atoms with E-state index in [4.69, 9.17) is 23.2 Å². The molecule has 3 rings (SSSR count). The van der Waals surface area contributed by atoms with E-state index in [-0.39, 0.29) is 0 Å². The molecular weight excluding hydrogens is 363 g/mol. The van der Waals surface area contributed by atoms with Crippen LogP contribution in [0.1, 0.15) is 55.3 Å². The molecule has 0 nitrogen and oxygen atoms in total. The predicted molar refractivity (Wildman–Crippen MR) is 88.8 cm³/mol. The van der Waals surface area contributed by atoms with Gasteiger partial charge in [0.15, 0.2) is 0 Å². The van der Waals surface area contributed by atoms with Gasteiger partial charge >= 0.3 is 0 Å². The summed E-state index contributed by atoms with van der Waals surface area (Å²) in [6.07, 6.45) is 9.91. The molecule has 1 aromatic heterocycles. The lowest BCUT2D eigenvalue weighted by Crippen LogP contribution is -2.29. The van der Waals surface area contributed by atoms with Crippen LogP contribution in [0.3, 0.4) is 0 Å².